The molecule has 0 bridgehead atoms. The predicted octanol–water partition coefficient (Wildman–Crippen LogP) is 5.45. The van der Waals surface area contributed by atoms with Gasteiger partial charge in [0.2, 0.25) is 0 Å². The van der Waals surface area contributed by atoms with Gasteiger partial charge in [-0.05, 0) is 62.2 Å². The van der Waals surface area contributed by atoms with Crippen molar-refractivity contribution in [2.75, 3.05) is 18.9 Å². The second kappa shape index (κ2) is 7.47. The van der Waals surface area contributed by atoms with Crippen molar-refractivity contribution >= 4 is 35.0 Å². The van der Waals surface area contributed by atoms with E-state index in [0.717, 1.165) is 29.0 Å². The molecule has 23 heavy (non-hydrogen) atoms. The molecule has 0 saturated heterocycles. The zero-order valence-electron chi connectivity index (χ0n) is 13.8. The first-order valence-electron chi connectivity index (χ1n) is 7.48. The molecule has 2 aromatic rings. The van der Waals surface area contributed by atoms with Crippen LogP contribution in [0.2, 0.25) is 5.02 Å². The Balaban J connectivity index is 2.29. The van der Waals surface area contributed by atoms with E-state index in [4.69, 9.17) is 11.6 Å². The molecule has 0 aliphatic heterocycles. The maximum absolute atomic E-state index is 13.9. The molecule has 0 unspecified atom stereocenters. The third-order valence-electron chi connectivity index (χ3n) is 3.63. The monoisotopic (exact) mass is 333 g/mol. The largest absolute Gasteiger partial charge is 0.366 e. The Morgan fingerprint density at radius 2 is 1.91 bits per heavy atom. The van der Waals surface area contributed by atoms with Crippen LogP contribution in [0, 0.1) is 19.7 Å². The van der Waals surface area contributed by atoms with Crippen molar-refractivity contribution in [2.45, 2.75) is 20.8 Å². The molecule has 0 heterocycles. The minimum absolute atomic E-state index is 0.335. The van der Waals surface area contributed by atoms with Crippen molar-refractivity contribution in [1.82, 2.24) is 4.90 Å². The molecule has 2 rings (SSSR count). The lowest BCUT2D eigenvalue weighted by Gasteiger charge is -2.14. The maximum Gasteiger partial charge on any atom is 0.146 e. The van der Waals surface area contributed by atoms with Gasteiger partial charge in [0.25, 0.3) is 0 Å². The van der Waals surface area contributed by atoms with Gasteiger partial charge >= 0.3 is 0 Å². The fraction of sp³-hybridized carbons (Fsp3) is 0.278. The summed E-state index contributed by atoms with van der Waals surface area (Å²) in [5.74, 6) is -0.335. The predicted molar refractivity (Wildman–Crippen MR) is 97.1 cm³/mol. The lowest BCUT2D eigenvalue weighted by Crippen LogP contribution is -2.14. The lowest BCUT2D eigenvalue weighted by atomic mass is 10.1. The van der Waals surface area contributed by atoms with Gasteiger partial charge in [-0.1, -0.05) is 11.6 Å². The smallest absolute Gasteiger partial charge is 0.146 e. The average molecular weight is 334 g/mol. The van der Waals surface area contributed by atoms with Crippen LogP contribution in [0.4, 0.5) is 21.5 Å². The number of aryl methyl sites for hydroxylation is 2. The van der Waals surface area contributed by atoms with Gasteiger partial charge in [-0.2, -0.15) is 0 Å². The second-order valence-corrected chi connectivity index (χ2v) is 5.96. The van der Waals surface area contributed by atoms with E-state index in [1.807, 2.05) is 44.3 Å². The molecule has 0 fully saturated rings. The first-order chi connectivity index (χ1) is 10.9. The summed E-state index contributed by atoms with van der Waals surface area (Å²) >= 11 is 5.93. The topological polar surface area (TPSA) is 27.6 Å². The van der Waals surface area contributed by atoms with Crippen molar-refractivity contribution in [2.24, 2.45) is 4.99 Å². The summed E-state index contributed by atoms with van der Waals surface area (Å²) < 4.78 is 13.9. The van der Waals surface area contributed by atoms with Crippen molar-refractivity contribution in [3.05, 3.63) is 52.3 Å². The van der Waals surface area contributed by atoms with Gasteiger partial charge in [-0.15, -0.1) is 0 Å². The molecule has 0 radical (unpaired) electrons. The van der Waals surface area contributed by atoms with E-state index in [0.29, 0.717) is 10.7 Å². The summed E-state index contributed by atoms with van der Waals surface area (Å²) in [5, 5.41) is 3.60. The van der Waals surface area contributed by atoms with Crippen molar-refractivity contribution in [1.29, 1.82) is 0 Å². The van der Waals surface area contributed by atoms with E-state index >= 15 is 0 Å². The average Bonchev–Trinajstić information content (AvgIpc) is 2.52. The third-order valence-corrected chi connectivity index (χ3v) is 3.87. The Labute approximate surface area is 141 Å². The summed E-state index contributed by atoms with van der Waals surface area (Å²) in [4.78, 5) is 6.50. The zero-order chi connectivity index (χ0) is 17.0. The number of aliphatic imine (C=N–C) groups is 1. The fourth-order valence-electron chi connectivity index (χ4n) is 2.06. The van der Waals surface area contributed by atoms with E-state index in [2.05, 4.69) is 17.2 Å². The van der Waals surface area contributed by atoms with Crippen LogP contribution in [-0.4, -0.2) is 24.8 Å². The van der Waals surface area contributed by atoms with E-state index in [1.165, 1.54) is 12.1 Å². The van der Waals surface area contributed by atoms with Gasteiger partial charge in [-0.25, -0.2) is 9.38 Å². The summed E-state index contributed by atoms with van der Waals surface area (Å²) in [6.07, 6.45) is 1.81. The standard InChI is InChI=1S/C18H21ClFN3/c1-5-23(4)11-21-16-8-13(3)17(9-12(16)2)22-18-10-14(19)6-7-15(18)20/h6-11,22H,5H2,1-4H3/b21-11-. The number of nitrogens with zero attached hydrogens (tertiary/aromatic N) is 2. The highest BCUT2D eigenvalue weighted by atomic mass is 35.5. The lowest BCUT2D eigenvalue weighted by molar-refractivity contribution is 0.552. The van der Waals surface area contributed by atoms with Crippen molar-refractivity contribution in [3.63, 3.8) is 0 Å². The SMILES string of the molecule is CCN(C)/C=N\c1cc(C)c(Nc2cc(Cl)ccc2F)cc1C. The van der Waals surface area contributed by atoms with Crippen molar-refractivity contribution in [3.8, 4) is 0 Å². The normalized spacial score (nSPS) is 11.0. The van der Waals surface area contributed by atoms with Crippen LogP contribution < -0.4 is 5.32 Å². The maximum atomic E-state index is 13.9. The fourth-order valence-corrected chi connectivity index (χ4v) is 2.23. The molecule has 0 saturated carbocycles. The summed E-state index contributed by atoms with van der Waals surface area (Å²) in [6.45, 7) is 6.91. The first kappa shape index (κ1) is 17.3. The van der Waals surface area contributed by atoms with E-state index in [-0.39, 0.29) is 5.82 Å². The van der Waals surface area contributed by atoms with Crippen LogP contribution in [0.5, 0.6) is 0 Å². The van der Waals surface area contributed by atoms with Gasteiger partial charge in [0.15, 0.2) is 0 Å². The van der Waals surface area contributed by atoms with Gasteiger partial charge in [0, 0.05) is 24.3 Å². The van der Waals surface area contributed by atoms with Crippen LogP contribution in [0.1, 0.15) is 18.1 Å². The summed E-state index contributed by atoms with van der Waals surface area (Å²) in [6, 6.07) is 8.41. The highest BCUT2D eigenvalue weighted by Gasteiger charge is 2.08. The van der Waals surface area contributed by atoms with Crippen LogP contribution in [0.3, 0.4) is 0 Å². The number of hydrogen-bond acceptors (Lipinski definition) is 2. The molecule has 3 nitrogen and oxygen atoms in total. The highest BCUT2D eigenvalue weighted by molar-refractivity contribution is 6.30. The van der Waals surface area contributed by atoms with E-state index in [1.54, 1.807) is 6.07 Å². The van der Waals surface area contributed by atoms with Crippen LogP contribution in [-0.2, 0) is 0 Å². The van der Waals surface area contributed by atoms with E-state index in [9.17, 15) is 4.39 Å². The highest BCUT2D eigenvalue weighted by Crippen LogP contribution is 2.30. The zero-order valence-corrected chi connectivity index (χ0v) is 14.6. The number of hydrogen-bond donors (Lipinski definition) is 1. The summed E-state index contributed by atoms with van der Waals surface area (Å²) in [5.41, 5.74) is 4.11. The number of benzene rings is 2. The Kier molecular flexibility index (Phi) is 5.61. The molecular formula is C18H21ClFN3. The number of rotatable bonds is 5. The quantitative estimate of drug-likeness (QED) is 0.582. The van der Waals surface area contributed by atoms with Crippen LogP contribution in [0.15, 0.2) is 35.3 Å². The molecule has 1 N–H and O–H groups in total. The molecule has 0 spiro atoms. The van der Waals surface area contributed by atoms with Gasteiger partial charge in [0.1, 0.15) is 5.82 Å². The molecule has 5 heteroatoms. The third kappa shape index (κ3) is 4.45. The second-order valence-electron chi connectivity index (χ2n) is 5.52. The van der Waals surface area contributed by atoms with Gasteiger partial charge in [-0.3, -0.25) is 0 Å². The Morgan fingerprint density at radius 1 is 1.17 bits per heavy atom. The van der Waals surface area contributed by atoms with E-state index < -0.39 is 0 Å². The molecule has 0 aliphatic carbocycles. The molecule has 122 valence electrons. The molecule has 0 atom stereocenters. The molecule has 0 aliphatic rings. The van der Waals surface area contributed by atoms with Crippen LogP contribution in [0.25, 0.3) is 0 Å². The Morgan fingerprint density at radius 3 is 2.61 bits per heavy atom. The molecular weight excluding hydrogens is 313 g/mol. The van der Waals surface area contributed by atoms with Crippen molar-refractivity contribution < 1.29 is 4.39 Å². The molecule has 0 amide bonds. The number of nitrogens with one attached hydrogen (secondary N) is 1. The minimum atomic E-state index is -0.335. The molecule has 0 aromatic heterocycles. The Bertz CT molecular complexity index is 728. The van der Waals surface area contributed by atoms with Gasteiger partial charge < -0.3 is 10.2 Å². The van der Waals surface area contributed by atoms with Crippen LogP contribution >= 0.6 is 11.6 Å². The number of anilines is 2. The first-order valence-corrected chi connectivity index (χ1v) is 7.86. The van der Waals surface area contributed by atoms with Gasteiger partial charge in [0.05, 0.1) is 17.7 Å². The summed E-state index contributed by atoms with van der Waals surface area (Å²) in [7, 11) is 1.98. The Hall–Kier alpha value is -2.07. The number of halogens is 2. The minimum Gasteiger partial charge on any atom is -0.366 e. The molecule has 2 aromatic carbocycles.